The number of carbonyl (C=O) groups excluding carboxylic acids is 2. The molecule has 0 radical (unpaired) electrons. The number of likely N-dealkylation sites (tertiary alicyclic amines) is 1. The molecule has 3 aliphatic rings. The number of nitrogens with zero attached hydrogens (tertiary/aromatic N) is 1. The zero-order valence-corrected chi connectivity index (χ0v) is 16.3. The van der Waals surface area contributed by atoms with Crippen LogP contribution in [0.1, 0.15) is 38.5 Å². The molecule has 1 aromatic rings. The summed E-state index contributed by atoms with van der Waals surface area (Å²) in [7, 11) is 0. The minimum absolute atomic E-state index is 0. The quantitative estimate of drug-likeness (QED) is 0.740. The van der Waals surface area contributed by atoms with Gasteiger partial charge in [0.1, 0.15) is 0 Å². The van der Waals surface area contributed by atoms with Crippen molar-refractivity contribution >= 4 is 30.0 Å². The Kier molecular flexibility index (Phi) is 6.60. The molecule has 3 amide bonds. The maximum absolute atomic E-state index is 12.7. The first-order valence-corrected chi connectivity index (χ1v) is 9.85. The molecule has 6 nitrogen and oxygen atoms in total. The van der Waals surface area contributed by atoms with Gasteiger partial charge in [-0.3, -0.25) is 4.79 Å². The molecule has 3 atom stereocenters. The number of benzene rings is 1. The largest absolute Gasteiger partial charge is 0.353 e. The van der Waals surface area contributed by atoms with E-state index >= 15 is 0 Å². The lowest BCUT2D eigenvalue weighted by molar-refractivity contribution is -0.127. The van der Waals surface area contributed by atoms with E-state index in [1.54, 1.807) is 4.90 Å². The van der Waals surface area contributed by atoms with Gasteiger partial charge in [-0.05, 0) is 50.7 Å². The highest BCUT2D eigenvalue weighted by atomic mass is 35.5. The second-order valence-corrected chi connectivity index (χ2v) is 7.90. The Bertz CT molecular complexity index is 645. The van der Waals surface area contributed by atoms with E-state index in [1.165, 1.54) is 12.8 Å². The summed E-state index contributed by atoms with van der Waals surface area (Å²) < 4.78 is 0. The number of hydrogen-bond donors (Lipinski definition) is 3. The molecular formula is C20H29ClN4O2. The van der Waals surface area contributed by atoms with Gasteiger partial charge in [0.05, 0.1) is 5.92 Å². The fraction of sp³-hybridized carbons (Fsp3) is 0.600. The Morgan fingerprint density at radius 1 is 1.04 bits per heavy atom. The minimum Gasteiger partial charge on any atom is -0.353 e. The lowest BCUT2D eigenvalue weighted by Crippen LogP contribution is -2.52. The molecule has 7 heteroatoms. The Labute approximate surface area is 166 Å². The third-order valence-electron chi connectivity index (χ3n) is 5.92. The van der Waals surface area contributed by atoms with Crippen LogP contribution in [-0.4, -0.2) is 48.1 Å². The normalized spacial score (nSPS) is 29.6. The van der Waals surface area contributed by atoms with Gasteiger partial charge in [-0.1, -0.05) is 18.2 Å². The molecule has 3 saturated heterocycles. The molecule has 4 rings (SSSR count). The zero-order chi connectivity index (χ0) is 17.9. The van der Waals surface area contributed by atoms with E-state index in [2.05, 4.69) is 16.0 Å². The topological polar surface area (TPSA) is 73.5 Å². The number of halogens is 1. The van der Waals surface area contributed by atoms with Gasteiger partial charge in [0.25, 0.3) is 0 Å². The number of nitrogens with one attached hydrogen (secondary N) is 3. The molecule has 27 heavy (non-hydrogen) atoms. The predicted molar refractivity (Wildman–Crippen MR) is 108 cm³/mol. The van der Waals surface area contributed by atoms with Crippen LogP contribution in [0.4, 0.5) is 10.5 Å². The van der Waals surface area contributed by atoms with Crippen LogP contribution < -0.4 is 16.0 Å². The van der Waals surface area contributed by atoms with E-state index in [4.69, 9.17) is 0 Å². The van der Waals surface area contributed by atoms with Crippen molar-refractivity contribution in [1.29, 1.82) is 0 Å². The van der Waals surface area contributed by atoms with E-state index in [0.717, 1.165) is 31.4 Å². The van der Waals surface area contributed by atoms with Gasteiger partial charge in [0, 0.05) is 36.9 Å². The van der Waals surface area contributed by atoms with Crippen molar-refractivity contribution in [1.82, 2.24) is 15.5 Å². The highest BCUT2D eigenvalue weighted by Gasteiger charge is 2.36. The first kappa shape index (κ1) is 20.0. The van der Waals surface area contributed by atoms with Crippen molar-refractivity contribution in [3.05, 3.63) is 30.3 Å². The van der Waals surface area contributed by atoms with Crippen molar-refractivity contribution in [3.8, 4) is 0 Å². The van der Waals surface area contributed by atoms with Crippen molar-refractivity contribution in [2.75, 3.05) is 18.4 Å². The third kappa shape index (κ3) is 4.93. The van der Waals surface area contributed by atoms with Crippen molar-refractivity contribution in [2.24, 2.45) is 5.92 Å². The SMILES string of the molecule is Cl.O=C(NC1CC2CCC(C1)N2)C1CCCN(C(=O)Nc2ccccc2)C1. The van der Waals surface area contributed by atoms with Crippen LogP contribution in [0.25, 0.3) is 0 Å². The average molecular weight is 393 g/mol. The molecule has 3 fully saturated rings. The van der Waals surface area contributed by atoms with Gasteiger partial charge in [-0.25, -0.2) is 4.79 Å². The Morgan fingerprint density at radius 2 is 1.74 bits per heavy atom. The fourth-order valence-electron chi connectivity index (χ4n) is 4.59. The van der Waals surface area contributed by atoms with Gasteiger partial charge in [0.2, 0.25) is 5.91 Å². The van der Waals surface area contributed by atoms with E-state index in [0.29, 0.717) is 25.2 Å². The number of urea groups is 1. The molecule has 3 heterocycles. The number of anilines is 1. The van der Waals surface area contributed by atoms with Crippen LogP contribution in [0.15, 0.2) is 30.3 Å². The molecule has 3 N–H and O–H groups in total. The zero-order valence-electron chi connectivity index (χ0n) is 15.5. The number of hydrogen-bond acceptors (Lipinski definition) is 3. The number of fused-ring (bicyclic) bond motifs is 2. The minimum atomic E-state index is -0.117. The number of piperidine rings is 2. The standard InChI is InChI=1S/C20H28N4O2.ClH/c25-19(22-18-11-16-8-9-17(12-18)21-16)14-5-4-10-24(13-14)20(26)23-15-6-2-1-3-7-15;/h1-3,6-7,14,16-18,21H,4-5,8-13H2,(H,22,25)(H,23,26);1H. The molecule has 148 valence electrons. The van der Waals surface area contributed by atoms with E-state index in [1.807, 2.05) is 30.3 Å². The summed E-state index contributed by atoms with van der Waals surface area (Å²) in [6.07, 6.45) is 6.26. The van der Waals surface area contributed by atoms with Crippen LogP contribution in [0.3, 0.4) is 0 Å². The molecule has 0 aromatic heterocycles. The van der Waals surface area contributed by atoms with Crippen LogP contribution >= 0.6 is 12.4 Å². The van der Waals surface area contributed by atoms with Gasteiger partial charge in [0.15, 0.2) is 0 Å². The van der Waals surface area contributed by atoms with E-state index < -0.39 is 0 Å². The summed E-state index contributed by atoms with van der Waals surface area (Å²) in [6, 6.07) is 10.8. The number of carbonyl (C=O) groups is 2. The monoisotopic (exact) mass is 392 g/mol. The van der Waals surface area contributed by atoms with Gasteiger partial charge in [-0.2, -0.15) is 0 Å². The summed E-state index contributed by atoms with van der Waals surface area (Å²) in [4.78, 5) is 27.0. The number of rotatable bonds is 3. The maximum Gasteiger partial charge on any atom is 0.321 e. The van der Waals surface area contributed by atoms with Crippen molar-refractivity contribution in [3.63, 3.8) is 0 Å². The Hall–Kier alpha value is -1.79. The second-order valence-electron chi connectivity index (χ2n) is 7.90. The first-order chi connectivity index (χ1) is 12.7. The summed E-state index contributed by atoms with van der Waals surface area (Å²) in [5.74, 6) is 0.0197. The summed E-state index contributed by atoms with van der Waals surface area (Å²) >= 11 is 0. The summed E-state index contributed by atoms with van der Waals surface area (Å²) in [5, 5.41) is 9.79. The van der Waals surface area contributed by atoms with Crippen molar-refractivity contribution < 1.29 is 9.59 Å². The summed E-state index contributed by atoms with van der Waals surface area (Å²) in [6.45, 7) is 1.21. The molecule has 2 bridgehead atoms. The maximum atomic E-state index is 12.7. The van der Waals surface area contributed by atoms with Crippen LogP contribution in [0, 0.1) is 5.92 Å². The molecule has 0 spiro atoms. The molecule has 1 aromatic carbocycles. The number of amides is 3. The Morgan fingerprint density at radius 3 is 2.44 bits per heavy atom. The van der Waals surface area contributed by atoms with Crippen LogP contribution in [0.5, 0.6) is 0 Å². The van der Waals surface area contributed by atoms with Crippen LogP contribution in [0.2, 0.25) is 0 Å². The van der Waals surface area contributed by atoms with Crippen molar-refractivity contribution in [2.45, 2.75) is 56.7 Å². The molecule has 3 aliphatic heterocycles. The molecular weight excluding hydrogens is 364 g/mol. The molecule has 0 saturated carbocycles. The van der Waals surface area contributed by atoms with Gasteiger partial charge in [-0.15, -0.1) is 12.4 Å². The molecule has 0 aliphatic carbocycles. The third-order valence-corrected chi connectivity index (χ3v) is 5.92. The van der Waals surface area contributed by atoms with Gasteiger partial charge < -0.3 is 20.9 Å². The molecule has 3 unspecified atom stereocenters. The first-order valence-electron chi connectivity index (χ1n) is 9.85. The van der Waals surface area contributed by atoms with Gasteiger partial charge >= 0.3 is 6.03 Å². The highest BCUT2D eigenvalue weighted by molar-refractivity contribution is 5.90. The highest BCUT2D eigenvalue weighted by Crippen LogP contribution is 2.27. The lowest BCUT2D eigenvalue weighted by Gasteiger charge is -2.34. The predicted octanol–water partition coefficient (Wildman–Crippen LogP) is 2.75. The average Bonchev–Trinajstić information content (AvgIpc) is 3.01. The smallest absolute Gasteiger partial charge is 0.321 e. The Balaban J connectivity index is 0.00000210. The summed E-state index contributed by atoms with van der Waals surface area (Å²) in [5.41, 5.74) is 0.786. The van der Waals surface area contributed by atoms with E-state index in [-0.39, 0.29) is 36.3 Å². The van der Waals surface area contributed by atoms with Crippen LogP contribution in [-0.2, 0) is 4.79 Å². The number of para-hydroxylation sites is 1. The lowest BCUT2D eigenvalue weighted by atomic mass is 9.95. The fourth-order valence-corrected chi connectivity index (χ4v) is 4.59. The van der Waals surface area contributed by atoms with E-state index in [9.17, 15) is 9.59 Å². The second kappa shape index (κ2) is 8.93.